The Morgan fingerprint density at radius 2 is 2.03 bits per heavy atom. The van der Waals surface area contributed by atoms with Crippen LogP contribution in [0.5, 0.6) is 5.75 Å². The number of ether oxygens (including phenoxy) is 1. The fraction of sp³-hybridized carbons (Fsp3) is 0.300. The van der Waals surface area contributed by atoms with Gasteiger partial charge >= 0.3 is 0 Å². The third-order valence-corrected chi connectivity index (χ3v) is 4.75. The molecular weight excluding hydrogens is 372 g/mol. The Morgan fingerprint density at radius 1 is 1.21 bits per heavy atom. The summed E-state index contributed by atoms with van der Waals surface area (Å²) in [4.78, 5) is 20.8. The average Bonchev–Trinajstić information content (AvgIpc) is 3.29. The van der Waals surface area contributed by atoms with Crippen LogP contribution < -0.4 is 15.0 Å². The molecule has 0 saturated carbocycles. The van der Waals surface area contributed by atoms with Crippen molar-refractivity contribution in [2.75, 3.05) is 43.5 Å². The number of anilines is 3. The summed E-state index contributed by atoms with van der Waals surface area (Å²) in [5.41, 5.74) is 1.92. The van der Waals surface area contributed by atoms with Crippen molar-refractivity contribution >= 4 is 23.4 Å². The number of hydrogen-bond acceptors (Lipinski definition) is 8. The predicted octanol–water partition coefficient (Wildman–Crippen LogP) is 2.49. The lowest BCUT2D eigenvalue weighted by molar-refractivity contribution is 0.0714. The van der Waals surface area contributed by atoms with Gasteiger partial charge in [0.15, 0.2) is 11.6 Å². The Kier molecular flexibility index (Phi) is 5.28. The monoisotopic (exact) mass is 394 g/mol. The molecule has 1 saturated heterocycles. The Balaban J connectivity index is 1.43. The molecule has 9 heteroatoms. The first-order chi connectivity index (χ1) is 14.1. The van der Waals surface area contributed by atoms with Gasteiger partial charge in [0.05, 0.1) is 25.3 Å². The van der Waals surface area contributed by atoms with Gasteiger partial charge in [-0.15, -0.1) is 5.10 Å². The van der Waals surface area contributed by atoms with Gasteiger partial charge in [-0.05, 0) is 36.8 Å². The van der Waals surface area contributed by atoms with Crippen molar-refractivity contribution in [2.45, 2.75) is 6.92 Å². The number of carbonyl (C=O) groups excluding carboxylic acids is 1. The predicted molar refractivity (Wildman–Crippen MR) is 108 cm³/mol. The van der Waals surface area contributed by atoms with Crippen LogP contribution in [0.2, 0.25) is 0 Å². The van der Waals surface area contributed by atoms with Gasteiger partial charge in [0.25, 0.3) is 5.91 Å². The summed E-state index contributed by atoms with van der Waals surface area (Å²) in [6.45, 7) is 4.37. The van der Waals surface area contributed by atoms with Crippen LogP contribution in [0.25, 0.3) is 0 Å². The fourth-order valence-corrected chi connectivity index (χ4v) is 3.21. The number of methoxy groups -OCH3 is 1. The minimum absolute atomic E-state index is 0.101. The first-order valence-corrected chi connectivity index (χ1v) is 9.33. The number of carbonyl (C=O) groups is 1. The first-order valence-electron chi connectivity index (χ1n) is 9.33. The molecule has 9 nitrogen and oxygen atoms in total. The highest BCUT2D eigenvalue weighted by Gasteiger charge is 2.25. The van der Waals surface area contributed by atoms with E-state index in [0.717, 1.165) is 17.0 Å². The average molecular weight is 394 g/mol. The van der Waals surface area contributed by atoms with Gasteiger partial charge < -0.3 is 24.3 Å². The molecule has 1 fully saturated rings. The van der Waals surface area contributed by atoms with Crippen molar-refractivity contribution in [3.05, 3.63) is 54.1 Å². The highest BCUT2D eigenvalue weighted by Crippen LogP contribution is 2.28. The standard InChI is InChI=1S/C20H22N6O3/c1-14-5-6-16(28-2)15(12-14)22-18-13-21-24-20(23-18)26-9-7-25(8-10-26)19(27)17-4-3-11-29-17/h3-6,11-13H,7-10H2,1-2H3,(H,22,23,24). The summed E-state index contributed by atoms with van der Waals surface area (Å²) < 4.78 is 10.6. The number of rotatable bonds is 5. The number of hydrogen-bond donors (Lipinski definition) is 1. The molecule has 0 radical (unpaired) electrons. The van der Waals surface area contributed by atoms with E-state index in [1.54, 1.807) is 30.3 Å². The smallest absolute Gasteiger partial charge is 0.289 e. The summed E-state index contributed by atoms with van der Waals surface area (Å²) in [5, 5.41) is 11.5. The van der Waals surface area contributed by atoms with E-state index in [1.165, 1.54) is 6.26 Å². The number of nitrogens with one attached hydrogen (secondary N) is 1. The van der Waals surface area contributed by atoms with E-state index in [0.29, 0.717) is 43.7 Å². The highest BCUT2D eigenvalue weighted by atomic mass is 16.5. The van der Waals surface area contributed by atoms with Crippen molar-refractivity contribution in [1.82, 2.24) is 20.1 Å². The maximum Gasteiger partial charge on any atom is 0.289 e. The van der Waals surface area contributed by atoms with Gasteiger partial charge in [0.2, 0.25) is 5.95 Å². The number of amides is 1. The van der Waals surface area contributed by atoms with E-state index in [1.807, 2.05) is 30.0 Å². The van der Waals surface area contributed by atoms with E-state index in [-0.39, 0.29) is 5.91 Å². The van der Waals surface area contributed by atoms with E-state index in [2.05, 4.69) is 20.5 Å². The summed E-state index contributed by atoms with van der Waals surface area (Å²) in [6.07, 6.45) is 3.08. The minimum atomic E-state index is -0.101. The highest BCUT2D eigenvalue weighted by molar-refractivity contribution is 5.91. The number of furan rings is 1. The summed E-state index contributed by atoms with van der Waals surface area (Å²) in [5.74, 6) is 2.07. The zero-order valence-electron chi connectivity index (χ0n) is 16.3. The fourth-order valence-electron chi connectivity index (χ4n) is 3.21. The van der Waals surface area contributed by atoms with Gasteiger partial charge in [-0.2, -0.15) is 10.1 Å². The van der Waals surface area contributed by atoms with Crippen LogP contribution in [0.15, 0.2) is 47.2 Å². The SMILES string of the molecule is COc1ccc(C)cc1Nc1cnnc(N2CCN(C(=O)c3ccco3)CC2)n1. The molecule has 1 aliphatic rings. The summed E-state index contributed by atoms with van der Waals surface area (Å²) in [7, 11) is 1.63. The molecule has 1 amide bonds. The van der Waals surface area contributed by atoms with Gasteiger partial charge in [-0.3, -0.25) is 4.79 Å². The molecule has 0 atom stereocenters. The normalized spacial score (nSPS) is 14.0. The molecule has 1 N–H and O–H groups in total. The molecular formula is C20H22N6O3. The molecule has 1 aliphatic heterocycles. The van der Waals surface area contributed by atoms with Crippen LogP contribution in [0.4, 0.5) is 17.5 Å². The number of nitrogens with zero attached hydrogens (tertiary/aromatic N) is 5. The molecule has 1 aromatic carbocycles. The largest absolute Gasteiger partial charge is 0.495 e. The maximum atomic E-state index is 12.4. The molecule has 0 unspecified atom stereocenters. The second-order valence-corrected chi connectivity index (χ2v) is 6.73. The van der Waals surface area contributed by atoms with Crippen LogP contribution in [0, 0.1) is 6.92 Å². The second-order valence-electron chi connectivity index (χ2n) is 6.73. The van der Waals surface area contributed by atoms with Gasteiger partial charge in [0, 0.05) is 26.2 Å². The Bertz CT molecular complexity index is 984. The van der Waals surface area contributed by atoms with E-state index in [4.69, 9.17) is 9.15 Å². The number of piperazine rings is 1. The number of aryl methyl sites for hydroxylation is 1. The summed E-state index contributed by atoms with van der Waals surface area (Å²) >= 11 is 0. The summed E-state index contributed by atoms with van der Waals surface area (Å²) in [6, 6.07) is 9.26. The van der Waals surface area contributed by atoms with E-state index >= 15 is 0 Å². The molecule has 29 heavy (non-hydrogen) atoms. The van der Waals surface area contributed by atoms with Crippen molar-refractivity contribution < 1.29 is 13.9 Å². The molecule has 4 rings (SSSR count). The van der Waals surface area contributed by atoms with Gasteiger partial charge in [-0.25, -0.2) is 0 Å². The van der Waals surface area contributed by atoms with E-state index < -0.39 is 0 Å². The topological polar surface area (TPSA) is 96.6 Å². The molecule has 150 valence electrons. The molecule has 0 aliphatic carbocycles. The Labute approximate surface area is 168 Å². The van der Waals surface area contributed by atoms with Gasteiger partial charge in [-0.1, -0.05) is 6.07 Å². The van der Waals surface area contributed by atoms with Gasteiger partial charge in [0.1, 0.15) is 5.75 Å². The van der Waals surface area contributed by atoms with Crippen molar-refractivity contribution in [2.24, 2.45) is 0 Å². The second kappa shape index (κ2) is 8.17. The number of benzene rings is 1. The lowest BCUT2D eigenvalue weighted by Crippen LogP contribution is -2.49. The zero-order chi connectivity index (χ0) is 20.2. The number of aromatic nitrogens is 3. The third kappa shape index (κ3) is 4.13. The van der Waals surface area contributed by atoms with Crippen molar-refractivity contribution in [3.8, 4) is 5.75 Å². The lowest BCUT2D eigenvalue weighted by atomic mass is 10.2. The molecule has 0 spiro atoms. The van der Waals surface area contributed by atoms with Crippen LogP contribution in [-0.2, 0) is 0 Å². The van der Waals surface area contributed by atoms with Crippen LogP contribution in [0.1, 0.15) is 16.1 Å². The van der Waals surface area contributed by atoms with Crippen LogP contribution in [0.3, 0.4) is 0 Å². The molecule has 3 heterocycles. The Hall–Kier alpha value is -3.62. The molecule has 0 bridgehead atoms. The first kappa shape index (κ1) is 18.7. The minimum Gasteiger partial charge on any atom is -0.495 e. The zero-order valence-corrected chi connectivity index (χ0v) is 16.3. The molecule has 3 aromatic rings. The lowest BCUT2D eigenvalue weighted by Gasteiger charge is -2.34. The van der Waals surface area contributed by atoms with Crippen LogP contribution in [-0.4, -0.2) is 59.3 Å². The van der Waals surface area contributed by atoms with E-state index in [9.17, 15) is 4.79 Å². The van der Waals surface area contributed by atoms with Crippen LogP contribution >= 0.6 is 0 Å². The van der Waals surface area contributed by atoms with Crippen molar-refractivity contribution in [3.63, 3.8) is 0 Å². The maximum absolute atomic E-state index is 12.4. The molecule has 2 aromatic heterocycles. The third-order valence-electron chi connectivity index (χ3n) is 4.75. The Morgan fingerprint density at radius 3 is 2.76 bits per heavy atom. The van der Waals surface area contributed by atoms with Crippen molar-refractivity contribution in [1.29, 1.82) is 0 Å². The quantitative estimate of drug-likeness (QED) is 0.705.